The van der Waals surface area contributed by atoms with Crippen molar-refractivity contribution in [2.75, 3.05) is 13.6 Å². The lowest BCUT2D eigenvalue weighted by molar-refractivity contribution is 0.348. The van der Waals surface area contributed by atoms with Crippen molar-refractivity contribution in [3.63, 3.8) is 0 Å². The van der Waals surface area contributed by atoms with Crippen molar-refractivity contribution >= 4 is 0 Å². The largest absolute Gasteiger partial charge is 0.299 e. The predicted molar refractivity (Wildman–Crippen MR) is 58.8 cm³/mol. The van der Waals surface area contributed by atoms with E-state index in [1.807, 2.05) is 6.08 Å². The van der Waals surface area contributed by atoms with E-state index < -0.39 is 0 Å². The van der Waals surface area contributed by atoms with Gasteiger partial charge in [-0.1, -0.05) is 32.1 Å². The van der Waals surface area contributed by atoms with Crippen molar-refractivity contribution in [2.45, 2.75) is 38.6 Å². The van der Waals surface area contributed by atoms with Crippen molar-refractivity contribution in [1.82, 2.24) is 4.90 Å². The summed E-state index contributed by atoms with van der Waals surface area (Å²) in [7, 11) is 2.21. The summed E-state index contributed by atoms with van der Waals surface area (Å²) in [4.78, 5) is 2.43. The van der Waals surface area contributed by atoms with E-state index in [4.69, 9.17) is 0 Å². The van der Waals surface area contributed by atoms with Crippen LogP contribution in [0.3, 0.4) is 0 Å². The van der Waals surface area contributed by atoms with Crippen molar-refractivity contribution in [1.29, 1.82) is 0 Å². The molecule has 1 unspecified atom stereocenters. The molecule has 0 aliphatic carbocycles. The molecule has 1 nitrogen and oxygen atoms in total. The van der Waals surface area contributed by atoms with Gasteiger partial charge in [0.25, 0.3) is 0 Å². The first-order valence-electron chi connectivity index (χ1n) is 5.32. The van der Waals surface area contributed by atoms with Crippen LogP contribution in [0, 0.1) is 0 Å². The van der Waals surface area contributed by atoms with Crippen LogP contribution in [0.1, 0.15) is 32.6 Å². The average molecular weight is 179 g/mol. The maximum Gasteiger partial charge on any atom is 0.0342 e. The van der Waals surface area contributed by atoms with Gasteiger partial charge in [0.05, 0.1) is 0 Å². The van der Waals surface area contributed by atoms with Gasteiger partial charge in [-0.15, -0.1) is 0 Å². The van der Waals surface area contributed by atoms with Crippen LogP contribution in [0.25, 0.3) is 0 Å². The monoisotopic (exact) mass is 179 g/mol. The first-order valence-corrected chi connectivity index (χ1v) is 5.32. The Labute approximate surface area is 82.1 Å². The second-order valence-corrected chi connectivity index (χ2v) is 3.84. The molecule has 1 heterocycles. The smallest absolute Gasteiger partial charge is 0.0342 e. The zero-order chi connectivity index (χ0) is 9.68. The number of rotatable bonds is 4. The first-order chi connectivity index (χ1) is 6.29. The number of allylic oxidation sites excluding steroid dienone is 1. The first kappa shape index (κ1) is 10.5. The summed E-state index contributed by atoms with van der Waals surface area (Å²) in [6.07, 6.45) is 9.43. The Morgan fingerprint density at radius 3 is 2.85 bits per heavy atom. The molecule has 0 N–H and O–H groups in total. The van der Waals surface area contributed by atoms with Gasteiger partial charge in [0.15, 0.2) is 0 Å². The summed E-state index contributed by atoms with van der Waals surface area (Å²) in [5.41, 5.74) is 1.43. The number of hydrogen-bond donors (Lipinski definition) is 0. The van der Waals surface area contributed by atoms with Crippen molar-refractivity contribution in [2.24, 2.45) is 0 Å². The zero-order valence-corrected chi connectivity index (χ0v) is 8.92. The molecule has 0 spiro atoms. The maximum atomic E-state index is 3.90. The lowest BCUT2D eigenvalue weighted by Crippen LogP contribution is -2.26. The topological polar surface area (TPSA) is 3.24 Å². The standard InChI is InChI=1S/C12H21N/c1-4-6-8-11(5-2)12-9-7-10-13(12)3/h5,8,12H,2,4,6-7,9-10H2,1,3H3/b11-8+. The molecule has 0 aromatic heterocycles. The molecule has 0 bridgehead atoms. The third-order valence-electron chi connectivity index (χ3n) is 2.81. The van der Waals surface area contributed by atoms with E-state index in [0.29, 0.717) is 6.04 Å². The van der Waals surface area contributed by atoms with Crippen LogP contribution < -0.4 is 0 Å². The third-order valence-corrected chi connectivity index (χ3v) is 2.81. The molecule has 0 aromatic rings. The van der Waals surface area contributed by atoms with Gasteiger partial charge in [-0.3, -0.25) is 4.90 Å². The fourth-order valence-corrected chi connectivity index (χ4v) is 2.00. The Kier molecular flexibility index (Phi) is 4.23. The average Bonchev–Trinajstić information content (AvgIpc) is 2.54. The van der Waals surface area contributed by atoms with Crippen LogP contribution in [0.15, 0.2) is 24.3 Å². The quantitative estimate of drug-likeness (QED) is 0.600. The van der Waals surface area contributed by atoms with Gasteiger partial charge in [0.1, 0.15) is 0 Å². The van der Waals surface area contributed by atoms with Crippen molar-refractivity contribution in [3.8, 4) is 0 Å². The minimum Gasteiger partial charge on any atom is -0.299 e. The van der Waals surface area contributed by atoms with Crippen LogP contribution >= 0.6 is 0 Å². The summed E-state index contributed by atoms with van der Waals surface area (Å²) in [6, 6.07) is 0.643. The van der Waals surface area contributed by atoms with Gasteiger partial charge in [0.2, 0.25) is 0 Å². The van der Waals surface area contributed by atoms with E-state index in [0.717, 1.165) is 0 Å². The van der Waals surface area contributed by atoms with Crippen LogP contribution in [0.5, 0.6) is 0 Å². The molecular weight excluding hydrogens is 158 g/mol. The molecule has 1 aliphatic rings. The van der Waals surface area contributed by atoms with Crippen LogP contribution in [-0.4, -0.2) is 24.5 Å². The number of nitrogens with zero attached hydrogens (tertiary/aromatic N) is 1. The van der Waals surface area contributed by atoms with Crippen LogP contribution in [0.2, 0.25) is 0 Å². The van der Waals surface area contributed by atoms with Gasteiger partial charge >= 0.3 is 0 Å². The maximum absolute atomic E-state index is 3.90. The molecule has 74 valence electrons. The number of likely N-dealkylation sites (N-methyl/N-ethyl adjacent to an activating group) is 1. The van der Waals surface area contributed by atoms with Crippen LogP contribution in [-0.2, 0) is 0 Å². The fourth-order valence-electron chi connectivity index (χ4n) is 2.00. The molecule has 1 fully saturated rings. The van der Waals surface area contributed by atoms with Crippen molar-refractivity contribution in [3.05, 3.63) is 24.3 Å². The highest BCUT2D eigenvalue weighted by atomic mass is 15.1. The molecule has 1 saturated heterocycles. The summed E-state index contributed by atoms with van der Waals surface area (Å²) in [6.45, 7) is 7.35. The minimum absolute atomic E-state index is 0.643. The highest BCUT2D eigenvalue weighted by molar-refractivity contribution is 5.23. The highest BCUT2D eigenvalue weighted by Crippen LogP contribution is 2.22. The van der Waals surface area contributed by atoms with Gasteiger partial charge in [-0.2, -0.15) is 0 Å². The van der Waals surface area contributed by atoms with Gasteiger partial charge in [0, 0.05) is 6.04 Å². The predicted octanol–water partition coefficient (Wildman–Crippen LogP) is 2.99. The zero-order valence-electron chi connectivity index (χ0n) is 8.92. The highest BCUT2D eigenvalue weighted by Gasteiger charge is 2.22. The summed E-state index contributed by atoms with van der Waals surface area (Å²) >= 11 is 0. The van der Waals surface area contributed by atoms with Gasteiger partial charge in [-0.05, 0) is 38.4 Å². The SMILES string of the molecule is C=C/C(=C\CCC)C1CCCN1C. The molecule has 13 heavy (non-hydrogen) atoms. The van der Waals surface area contributed by atoms with E-state index in [1.54, 1.807) is 0 Å². The Morgan fingerprint density at radius 1 is 1.62 bits per heavy atom. The third kappa shape index (κ3) is 2.70. The Balaban J connectivity index is 2.59. The van der Waals surface area contributed by atoms with E-state index in [9.17, 15) is 0 Å². The lowest BCUT2D eigenvalue weighted by atomic mass is 10.0. The van der Waals surface area contributed by atoms with Gasteiger partial charge < -0.3 is 0 Å². The number of hydrogen-bond acceptors (Lipinski definition) is 1. The van der Waals surface area contributed by atoms with E-state index in [2.05, 4.69) is 31.5 Å². The lowest BCUT2D eigenvalue weighted by Gasteiger charge is -2.20. The Hall–Kier alpha value is -0.560. The second kappa shape index (κ2) is 5.23. The second-order valence-electron chi connectivity index (χ2n) is 3.84. The molecule has 0 aromatic carbocycles. The Bertz CT molecular complexity index is 193. The van der Waals surface area contributed by atoms with Crippen LogP contribution in [0.4, 0.5) is 0 Å². The molecule has 0 amide bonds. The Morgan fingerprint density at radius 2 is 2.38 bits per heavy atom. The molecule has 1 aliphatic heterocycles. The number of likely N-dealkylation sites (tertiary alicyclic amines) is 1. The molecule has 1 heteroatoms. The number of unbranched alkanes of at least 4 members (excludes halogenated alkanes) is 1. The summed E-state index contributed by atoms with van der Waals surface area (Å²) in [5.74, 6) is 0. The summed E-state index contributed by atoms with van der Waals surface area (Å²) < 4.78 is 0. The normalized spacial score (nSPS) is 25.1. The molecule has 0 saturated carbocycles. The molecular formula is C12H21N. The fraction of sp³-hybridized carbons (Fsp3) is 0.667. The molecule has 1 atom stereocenters. The molecule has 0 radical (unpaired) electrons. The van der Waals surface area contributed by atoms with E-state index in [-0.39, 0.29) is 0 Å². The van der Waals surface area contributed by atoms with E-state index in [1.165, 1.54) is 37.8 Å². The van der Waals surface area contributed by atoms with Crippen molar-refractivity contribution < 1.29 is 0 Å². The minimum atomic E-state index is 0.643. The molecule has 1 rings (SSSR count). The van der Waals surface area contributed by atoms with Gasteiger partial charge in [-0.25, -0.2) is 0 Å². The summed E-state index contributed by atoms with van der Waals surface area (Å²) in [5, 5.41) is 0. The van der Waals surface area contributed by atoms with E-state index >= 15 is 0 Å².